The number of carbonyl (C=O) groups is 1. The fraction of sp³-hybridized carbons (Fsp3) is 0.125. The van der Waals surface area contributed by atoms with Crippen molar-refractivity contribution in [3.63, 3.8) is 0 Å². The van der Waals surface area contributed by atoms with E-state index in [1.54, 1.807) is 12.1 Å². The molecule has 0 atom stereocenters. The summed E-state index contributed by atoms with van der Waals surface area (Å²) in [6, 6.07) is 9.75. The van der Waals surface area contributed by atoms with Crippen LogP contribution in [0.2, 0.25) is 0 Å². The van der Waals surface area contributed by atoms with Crippen LogP contribution in [0, 0.1) is 12.3 Å². The maximum absolute atomic E-state index is 10.5. The lowest BCUT2D eigenvalue weighted by molar-refractivity contribution is 0.100. The predicted octanol–water partition coefficient (Wildman–Crippen LogP) is 2.29. The number of hydrogen-bond donors (Lipinski definition) is 5. The van der Waals surface area contributed by atoms with E-state index in [0.29, 0.717) is 5.56 Å². The molecule has 0 radical (unpaired) electrons. The van der Waals surface area contributed by atoms with E-state index in [2.05, 4.69) is 0 Å². The van der Waals surface area contributed by atoms with Gasteiger partial charge in [0, 0.05) is 16.8 Å². The second kappa shape index (κ2) is 7.12. The van der Waals surface area contributed by atoms with Gasteiger partial charge < -0.3 is 26.5 Å². The first kappa shape index (κ1) is 17.0. The third kappa shape index (κ3) is 4.24. The number of phenols is 3. The molecule has 2 aromatic rings. The van der Waals surface area contributed by atoms with Gasteiger partial charge in [0.2, 0.25) is 11.7 Å². The molecule has 22 heavy (non-hydrogen) atoms. The number of amides is 1. The molecule has 0 aromatic heterocycles. The molecule has 0 saturated heterocycles. The first-order valence-corrected chi connectivity index (χ1v) is 6.40. The lowest BCUT2D eigenvalue weighted by atomic mass is 10.1. The summed E-state index contributed by atoms with van der Waals surface area (Å²) in [5.41, 5.74) is 7.06. The van der Waals surface area contributed by atoms with Gasteiger partial charge in [-0.15, -0.1) is 0 Å². The fourth-order valence-electron chi connectivity index (χ4n) is 1.59. The maximum Gasteiger partial charge on any atom is 0.248 e. The van der Waals surface area contributed by atoms with Crippen molar-refractivity contribution < 1.29 is 20.1 Å². The molecule has 0 aliphatic carbocycles. The zero-order valence-corrected chi connectivity index (χ0v) is 12.3. The molecule has 1 amide bonds. The Morgan fingerprint density at radius 1 is 1.00 bits per heavy atom. The van der Waals surface area contributed by atoms with E-state index in [1.165, 1.54) is 19.1 Å². The van der Waals surface area contributed by atoms with Crippen molar-refractivity contribution in [2.24, 2.45) is 5.73 Å². The van der Waals surface area contributed by atoms with Crippen molar-refractivity contribution in [2.45, 2.75) is 13.8 Å². The van der Waals surface area contributed by atoms with Crippen LogP contribution >= 0.6 is 0 Å². The van der Waals surface area contributed by atoms with E-state index >= 15 is 0 Å². The van der Waals surface area contributed by atoms with Gasteiger partial charge in [-0.1, -0.05) is 17.7 Å². The van der Waals surface area contributed by atoms with E-state index in [0.717, 1.165) is 5.56 Å². The van der Waals surface area contributed by atoms with E-state index in [4.69, 9.17) is 21.4 Å². The maximum atomic E-state index is 10.5. The van der Waals surface area contributed by atoms with Gasteiger partial charge in [0.15, 0.2) is 11.5 Å². The molecule has 2 rings (SSSR count). The minimum absolute atomic E-state index is 0.128. The van der Waals surface area contributed by atoms with Crippen LogP contribution in [-0.4, -0.2) is 26.9 Å². The highest BCUT2D eigenvalue weighted by molar-refractivity contribution is 5.99. The van der Waals surface area contributed by atoms with Crippen LogP contribution in [0.1, 0.15) is 28.4 Å². The molecule has 0 spiro atoms. The Morgan fingerprint density at radius 3 is 2.00 bits per heavy atom. The third-order valence-electron chi connectivity index (χ3n) is 2.87. The Bertz CT molecular complexity index is 694. The number of benzene rings is 2. The number of aryl methyl sites for hydroxylation is 1. The summed E-state index contributed by atoms with van der Waals surface area (Å²) in [7, 11) is 0. The number of nitrogens with one attached hydrogen (secondary N) is 1. The summed E-state index contributed by atoms with van der Waals surface area (Å²) in [4.78, 5) is 10.5. The van der Waals surface area contributed by atoms with Crippen molar-refractivity contribution >= 4 is 11.6 Å². The topological polar surface area (TPSA) is 128 Å². The summed E-state index contributed by atoms with van der Waals surface area (Å²) in [5.74, 6) is -1.81. The van der Waals surface area contributed by atoms with Crippen molar-refractivity contribution in [2.75, 3.05) is 0 Å². The van der Waals surface area contributed by atoms with Crippen LogP contribution in [0.15, 0.2) is 36.4 Å². The fourth-order valence-corrected chi connectivity index (χ4v) is 1.59. The number of carbonyl (C=O) groups excluding carboxylic acids is 1. The average molecular weight is 302 g/mol. The molecular weight excluding hydrogens is 284 g/mol. The number of aromatic hydroxyl groups is 3. The van der Waals surface area contributed by atoms with Gasteiger partial charge >= 0.3 is 0 Å². The molecule has 0 aliphatic rings. The summed E-state index contributed by atoms with van der Waals surface area (Å²) in [5, 5.41) is 34.4. The monoisotopic (exact) mass is 302 g/mol. The molecule has 0 unspecified atom stereocenters. The van der Waals surface area contributed by atoms with Gasteiger partial charge in [-0.3, -0.25) is 4.79 Å². The first-order valence-electron chi connectivity index (χ1n) is 6.40. The molecule has 6 N–H and O–H groups in total. The van der Waals surface area contributed by atoms with Gasteiger partial charge in [-0.25, -0.2) is 0 Å². The van der Waals surface area contributed by atoms with E-state index < -0.39 is 17.2 Å². The molecule has 6 heteroatoms. The minimum Gasteiger partial charge on any atom is -0.504 e. The van der Waals surface area contributed by atoms with Gasteiger partial charge in [0.1, 0.15) is 0 Å². The Kier molecular flexibility index (Phi) is 5.51. The quantitative estimate of drug-likeness (QED) is 0.430. The molecule has 0 bridgehead atoms. The van der Waals surface area contributed by atoms with E-state index in [-0.39, 0.29) is 17.2 Å². The molecule has 0 fully saturated rings. The molecule has 6 nitrogen and oxygen atoms in total. The highest BCUT2D eigenvalue weighted by atomic mass is 16.3. The summed E-state index contributed by atoms with van der Waals surface area (Å²) in [6.45, 7) is 3.44. The van der Waals surface area contributed by atoms with Crippen LogP contribution in [0.4, 0.5) is 0 Å². The average Bonchev–Trinajstić information content (AvgIpc) is 2.45. The van der Waals surface area contributed by atoms with Crippen LogP contribution in [0.25, 0.3) is 0 Å². The lowest BCUT2D eigenvalue weighted by Gasteiger charge is -2.05. The van der Waals surface area contributed by atoms with Crippen molar-refractivity contribution in [3.05, 3.63) is 53.1 Å². The summed E-state index contributed by atoms with van der Waals surface area (Å²) >= 11 is 0. The molecule has 0 saturated carbocycles. The zero-order chi connectivity index (χ0) is 16.9. The third-order valence-corrected chi connectivity index (χ3v) is 2.87. The van der Waals surface area contributed by atoms with E-state index in [9.17, 15) is 9.90 Å². The Labute approximate surface area is 128 Å². The smallest absolute Gasteiger partial charge is 0.248 e. The molecular formula is C16H18N2O4. The zero-order valence-electron chi connectivity index (χ0n) is 12.3. The number of nitrogens with two attached hydrogens (primary N) is 1. The lowest BCUT2D eigenvalue weighted by Crippen LogP contribution is -2.10. The molecule has 2 aromatic carbocycles. The second-order valence-corrected chi connectivity index (χ2v) is 4.68. The van der Waals surface area contributed by atoms with Crippen molar-refractivity contribution in [1.82, 2.24) is 0 Å². The second-order valence-electron chi connectivity index (χ2n) is 4.68. The minimum atomic E-state index is -0.584. The number of phenolic OH excluding ortho intramolecular Hbond substituents is 3. The largest absolute Gasteiger partial charge is 0.504 e. The van der Waals surface area contributed by atoms with Gasteiger partial charge in [0.25, 0.3) is 0 Å². The molecule has 0 heterocycles. The van der Waals surface area contributed by atoms with Crippen LogP contribution in [0.3, 0.4) is 0 Å². The summed E-state index contributed by atoms with van der Waals surface area (Å²) in [6.07, 6.45) is 0. The number of primary amides is 1. The van der Waals surface area contributed by atoms with Gasteiger partial charge in [-0.05, 0) is 38.1 Å². The normalized spacial score (nSPS) is 9.55. The highest BCUT2D eigenvalue weighted by Crippen LogP contribution is 2.36. The Morgan fingerprint density at radius 2 is 1.55 bits per heavy atom. The number of hydrogen-bond acceptors (Lipinski definition) is 5. The van der Waals surface area contributed by atoms with Crippen molar-refractivity contribution in [3.8, 4) is 17.2 Å². The molecule has 0 aliphatic heterocycles. The Balaban J connectivity index is 0.000000224. The van der Waals surface area contributed by atoms with Gasteiger partial charge in [-0.2, -0.15) is 0 Å². The van der Waals surface area contributed by atoms with Gasteiger partial charge in [0.05, 0.1) is 0 Å². The Hall–Kier alpha value is -3.02. The summed E-state index contributed by atoms with van der Waals surface area (Å²) < 4.78 is 0. The predicted molar refractivity (Wildman–Crippen MR) is 83.6 cm³/mol. The standard InChI is InChI=1S/C8H9NO3.C8H9NO/c1-4(9)5-2-3-6(10)8(12)7(5)11;1-6-2-4-7(5-3-6)8(9)10/h2-3,9-12H,1H3;2-5H,1H3,(H2,9,10). The molecule has 116 valence electrons. The first-order chi connectivity index (χ1) is 10.2. The highest BCUT2D eigenvalue weighted by Gasteiger charge is 2.11. The number of rotatable bonds is 2. The van der Waals surface area contributed by atoms with Crippen LogP contribution in [0.5, 0.6) is 17.2 Å². The van der Waals surface area contributed by atoms with Crippen LogP contribution < -0.4 is 5.73 Å². The van der Waals surface area contributed by atoms with Crippen LogP contribution in [-0.2, 0) is 0 Å². The van der Waals surface area contributed by atoms with Crippen molar-refractivity contribution in [1.29, 1.82) is 5.41 Å². The SMILES string of the molecule is CC(=N)c1ccc(O)c(O)c1O.Cc1ccc(C(N)=O)cc1. The van der Waals surface area contributed by atoms with E-state index in [1.807, 2.05) is 19.1 Å².